The van der Waals surface area contributed by atoms with Crippen molar-refractivity contribution in [3.8, 4) is 6.07 Å². The Bertz CT molecular complexity index is 1140. The number of carbonyl (C=O) groups excluding carboxylic acids is 2. The lowest BCUT2D eigenvalue weighted by Gasteiger charge is -2.44. The van der Waals surface area contributed by atoms with Crippen molar-refractivity contribution in [2.24, 2.45) is 11.1 Å². The Kier molecular flexibility index (Phi) is 9.18. The average Bonchev–Trinajstić information content (AvgIpc) is 3.15. The summed E-state index contributed by atoms with van der Waals surface area (Å²) in [4.78, 5) is 27.7. The smallest absolute Gasteiger partial charge is 0.245 e. The number of hydrogen-bond acceptors (Lipinski definition) is 5. The van der Waals surface area contributed by atoms with Gasteiger partial charge in [-0.3, -0.25) is 9.59 Å². The molecule has 1 unspecified atom stereocenters. The Balaban J connectivity index is 1.71. The van der Waals surface area contributed by atoms with Crippen LogP contribution in [0.3, 0.4) is 0 Å². The number of para-hydroxylation sites is 1. The molecule has 8 heteroatoms. The van der Waals surface area contributed by atoms with Gasteiger partial charge in [0.25, 0.3) is 0 Å². The quantitative estimate of drug-likeness (QED) is 0.193. The number of amides is 1. The van der Waals surface area contributed by atoms with Gasteiger partial charge in [-0.15, -0.1) is 0 Å². The summed E-state index contributed by atoms with van der Waals surface area (Å²) in [6.45, 7) is 0. The standard InChI is InChI=1S/C29H35Br2N3O3/c30-15-9-3-1-7-13-28(14-8-2-4-10-16-31)17-23(35)25-24(18-28)37-26(33)21(19-32)29(25)20-11-5-6-12-22(20)34-27(29)36/h5-6,11-12H,1-4,7-10,13-18,33H2,(H,34,36). The van der Waals surface area contributed by atoms with Crippen LogP contribution >= 0.6 is 31.9 Å². The highest BCUT2D eigenvalue weighted by Gasteiger charge is 2.61. The molecular formula is C29H35Br2N3O3. The van der Waals surface area contributed by atoms with Crippen LogP contribution in [0.4, 0.5) is 5.69 Å². The third kappa shape index (κ3) is 5.27. The number of unbranched alkanes of at least 4 members (excludes halogenated alkanes) is 6. The molecule has 37 heavy (non-hydrogen) atoms. The fourth-order valence-electron chi connectivity index (χ4n) is 6.34. The SMILES string of the molecule is N#CC1=C(N)OC2=C(C(=O)CC(CCCCCCBr)(CCCCCCBr)C2)C12C(=O)Nc1ccccc12. The summed E-state index contributed by atoms with van der Waals surface area (Å²) < 4.78 is 6.06. The van der Waals surface area contributed by atoms with E-state index in [2.05, 4.69) is 43.2 Å². The maximum Gasteiger partial charge on any atom is 0.245 e. The first kappa shape index (κ1) is 27.9. The van der Waals surface area contributed by atoms with Gasteiger partial charge < -0.3 is 15.8 Å². The predicted molar refractivity (Wildman–Crippen MR) is 152 cm³/mol. The normalized spacial score (nSPS) is 22.0. The molecule has 2 aliphatic heterocycles. The average molecular weight is 633 g/mol. The number of nitrogens with one attached hydrogen (secondary N) is 1. The molecular weight excluding hydrogens is 598 g/mol. The molecule has 1 aromatic rings. The topological polar surface area (TPSA) is 105 Å². The summed E-state index contributed by atoms with van der Waals surface area (Å²) in [5.41, 5.74) is 6.05. The van der Waals surface area contributed by atoms with Gasteiger partial charge in [0.2, 0.25) is 11.8 Å². The Labute approximate surface area is 236 Å². The number of ether oxygens (including phenoxy) is 1. The maximum atomic E-state index is 14.1. The van der Waals surface area contributed by atoms with Crippen LogP contribution in [0.2, 0.25) is 0 Å². The Morgan fingerprint density at radius 2 is 1.57 bits per heavy atom. The minimum Gasteiger partial charge on any atom is -0.444 e. The van der Waals surface area contributed by atoms with Crippen LogP contribution in [0.1, 0.15) is 82.6 Å². The van der Waals surface area contributed by atoms with Crippen molar-refractivity contribution < 1.29 is 14.3 Å². The van der Waals surface area contributed by atoms with Crippen molar-refractivity contribution in [1.82, 2.24) is 0 Å². The molecule has 1 aliphatic carbocycles. The van der Waals surface area contributed by atoms with Crippen molar-refractivity contribution >= 4 is 49.2 Å². The second-order valence-electron chi connectivity index (χ2n) is 10.5. The highest BCUT2D eigenvalue weighted by molar-refractivity contribution is 9.09. The van der Waals surface area contributed by atoms with Gasteiger partial charge in [0.05, 0.1) is 5.57 Å². The highest BCUT2D eigenvalue weighted by Crippen LogP contribution is 2.57. The summed E-state index contributed by atoms with van der Waals surface area (Å²) >= 11 is 7.02. The number of nitrogens with two attached hydrogens (primary N) is 1. The number of benzene rings is 1. The van der Waals surface area contributed by atoms with Crippen molar-refractivity contribution in [3.63, 3.8) is 0 Å². The zero-order valence-electron chi connectivity index (χ0n) is 21.2. The molecule has 3 aliphatic rings. The van der Waals surface area contributed by atoms with E-state index in [-0.39, 0.29) is 22.7 Å². The predicted octanol–water partition coefficient (Wildman–Crippen LogP) is 6.89. The molecule has 0 saturated heterocycles. The molecule has 0 aromatic heterocycles. The summed E-state index contributed by atoms with van der Waals surface area (Å²) in [5.74, 6) is -0.115. The van der Waals surface area contributed by atoms with Gasteiger partial charge in [0.1, 0.15) is 22.8 Å². The Morgan fingerprint density at radius 3 is 2.19 bits per heavy atom. The number of nitrogens with zero attached hydrogens (tertiary/aromatic N) is 1. The summed E-state index contributed by atoms with van der Waals surface area (Å²) in [6.07, 6.45) is 11.7. The number of halogens is 2. The second-order valence-corrected chi connectivity index (χ2v) is 12.1. The molecule has 1 amide bonds. The summed E-state index contributed by atoms with van der Waals surface area (Å²) in [7, 11) is 0. The lowest BCUT2D eigenvalue weighted by molar-refractivity contribution is -0.125. The van der Waals surface area contributed by atoms with Crippen molar-refractivity contribution in [3.05, 3.63) is 52.6 Å². The van der Waals surface area contributed by atoms with Crippen LogP contribution in [-0.2, 0) is 19.7 Å². The van der Waals surface area contributed by atoms with E-state index in [1.807, 2.05) is 12.1 Å². The van der Waals surface area contributed by atoms with E-state index in [0.29, 0.717) is 35.4 Å². The number of anilines is 1. The zero-order valence-corrected chi connectivity index (χ0v) is 24.4. The molecule has 1 spiro atoms. The number of ketones is 1. The van der Waals surface area contributed by atoms with Crippen LogP contribution in [0.5, 0.6) is 0 Å². The third-order valence-electron chi connectivity index (χ3n) is 8.07. The number of nitriles is 1. The van der Waals surface area contributed by atoms with E-state index >= 15 is 0 Å². The number of Topliss-reactive ketones (excluding diaryl/α,β-unsaturated/α-hetero) is 1. The van der Waals surface area contributed by atoms with E-state index in [4.69, 9.17) is 10.5 Å². The van der Waals surface area contributed by atoms with Crippen molar-refractivity contribution in [1.29, 1.82) is 5.26 Å². The first-order valence-electron chi connectivity index (χ1n) is 13.3. The van der Waals surface area contributed by atoms with Crippen LogP contribution in [0.25, 0.3) is 0 Å². The first-order chi connectivity index (χ1) is 17.9. The van der Waals surface area contributed by atoms with Crippen molar-refractivity contribution in [2.45, 2.75) is 82.5 Å². The highest BCUT2D eigenvalue weighted by atomic mass is 79.9. The maximum absolute atomic E-state index is 14.1. The lowest BCUT2D eigenvalue weighted by atomic mass is 9.59. The third-order valence-corrected chi connectivity index (χ3v) is 9.19. The number of allylic oxidation sites excluding steroid dienone is 1. The second kappa shape index (κ2) is 12.2. The van der Waals surface area contributed by atoms with Gasteiger partial charge in [0.15, 0.2) is 5.78 Å². The van der Waals surface area contributed by atoms with Crippen molar-refractivity contribution in [2.75, 3.05) is 16.0 Å². The molecule has 3 N–H and O–H groups in total. The lowest BCUT2D eigenvalue weighted by Crippen LogP contribution is -2.48. The van der Waals surface area contributed by atoms with E-state index in [1.54, 1.807) is 12.1 Å². The molecule has 198 valence electrons. The summed E-state index contributed by atoms with van der Waals surface area (Å²) in [6, 6.07) is 9.35. The van der Waals surface area contributed by atoms with Crippen LogP contribution in [0, 0.1) is 16.7 Å². The number of fused-ring (bicyclic) bond motifs is 3. The molecule has 4 rings (SSSR count). The van der Waals surface area contributed by atoms with Gasteiger partial charge in [-0.1, -0.05) is 88.6 Å². The summed E-state index contributed by atoms with van der Waals surface area (Å²) in [5, 5.41) is 15.0. The number of rotatable bonds is 12. The van der Waals surface area contributed by atoms with Crippen LogP contribution < -0.4 is 11.1 Å². The van der Waals surface area contributed by atoms with Gasteiger partial charge in [0, 0.05) is 34.8 Å². The van der Waals surface area contributed by atoms with Gasteiger partial charge in [-0.2, -0.15) is 5.26 Å². The molecule has 0 bridgehead atoms. The monoisotopic (exact) mass is 631 g/mol. The molecule has 1 aromatic carbocycles. The number of alkyl halides is 2. The molecule has 1 atom stereocenters. The molecule has 0 radical (unpaired) electrons. The molecule has 6 nitrogen and oxygen atoms in total. The van der Waals surface area contributed by atoms with Crippen LogP contribution in [-0.4, -0.2) is 22.4 Å². The van der Waals surface area contributed by atoms with Gasteiger partial charge >= 0.3 is 0 Å². The largest absolute Gasteiger partial charge is 0.444 e. The van der Waals surface area contributed by atoms with Crippen LogP contribution in [0.15, 0.2) is 47.1 Å². The molecule has 0 saturated carbocycles. The van der Waals surface area contributed by atoms with Gasteiger partial charge in [-0.05, 0) is 37.2 Å². The number of carbonyl (C=O) groups is 2. The Morgan fingerprint density at radius 1 is 0.946 bits per heavy atom. The minimum absolute atomic E-state index is 0.000838. The fraction of sp³-hybridized carbons (Fsp3) is 0.552. The molecule has 2 heterocycles. The molecule has 0 fully saturated rings. The Hall–Kier alpha value is -2.11. The fourth-order valence-corrected chi connectivity index (χ4v) is 7.14. The zero-order chi connectivity index (χ0) is 26.5. The van der Waals surface area contributed by atoms with E-state index in [1.165, 1.54) is 0 Å². The first-order valence-corrected chi connectivity index (χ1v) is 15.6. The van der Waals surface area contributed by atoms with Gasteiger partial charge in [-0.25, -0.2) is 0 Å². The van der Waals surface area contributed by atoms with E-state index in [0.717, 1.165) is 74.9 Å². The van der Waals surface area contributed by atoms with E-state index in [9.17, 15) is 14.9 Å². The minimum atomic E-state index is -1.54. The van der Waals surface area contributed by atoms with E-state index < -0.39 is 11.3 Å². The number of hydrogen-bond donors (Lipinski definition) is 2.